The van der Waals surface area contributed by atoms with Crippen molar-refractivity contribution in [2.24, 2.45) is 5.92 Å². The van der Waals surface area contributed by atoms with E-state index in [9.17, 15) is 15.0 Å². The second kappa shape index (κ2) is 5.29. The van der Waals surface area contributed by atoms with Gasteiger partial charge < -0.3 is 15.5 Å². The number of carbonyl (C=O) groups is 1. The number of fused-ring (bicyclic) bond motifs is 1. The molecule has 4 N–H and O–H groups in total. The number of aliphatic hydroxyl groups is 2. The number of aromatic nitrogens is 4. The van der Waals surface area contributed by atoms with Crippen LogP contribution in [0.4, 0.5) is 5.82 Å². The van der Waals surface area contributed by atoms with Crippen LogP contribution in [0.1, 0.15) is 37.2 Å². The molecule has 8 nitrogen and oxygen atoms in total. The standard InChI is InChI=1S/C14H19N5O3/c1-14(2,22)7-3-8(10(21)4-7)17-12-11-9(5-20)18-19-13(11)16-6-15-12/h5-8,10,21-22H,3-4H2,1-2H3,(H2,15,16,17,18,19)/t7-,8-,10-/m1/s1. The number of hydrogen-bond acceptors (Lipinski definition) is 7. The molecule has 8 heteroatoms. The Morgan fingerprint density at radius 1 is 1.41 bits per heavy atom. The van der Waals surface area contributed by atoms with Gasteiger partial charge in [0.05, 0.1) is 23.1 Å². The normalized spacial score (nSPS) is 25.5. The van der Waals surface area contributed by atoms with Crippen LogP contribution in [0.2, 0.25) is 0 Å². The molecule has 1 saturated carbocycles. The molecule has 0 radical (unpaired) electrons. The Balaban J connectivity index is 1.88. The van der Waals surface area contributed by atoms with Gasteiger partial charge in [-0.1, -0.05) is 0 Å². The zero-order chi connectivity index (χ0) is 15.9. The van der Waals surface area contributed by atoms with Crippen LogP contribution in [-0.4, -0.2) is 54.4 Å². The number of aliphatic hydroxyl groups excluding tert-OH is 1. The van der Waals surface area contributed by atoms with E-state index in [1.807, 2.05) is 0 Å². The van der Waals surface area contributed by atoms with Gasteiger partial charge in [0, 0.05) is 0 Å². The average molecular weight is 305 g/mol. The number of aromatic amines is 1. The molecule has 118 valence electrons. The summed E-state index contributed by atoms with van der Waals surface area (Å²) >= 11 is 0. The summed E-state index contributed by atoms with van der Waals surface area (Å²) in [6, 6.07) is -0.246. The molecular formula is C14H19N5O3. The van der Waals surface area contributed by atoms with Crippen LogP contribution in [-0.2, 0) is 0 Å². The molecule has 3 rings (SSSR count). The van der Waals surface area contributed by atoms with E-state index in [1.54, 1.807) is 13.8 Å². The van der Waals surface area contributed by atoms with Gasteiger partial charge >= 0.3 is 0 Å². The summed E-state index contributed by atoms with van der Waals surface area (Å²) in [6.07, 6.45) is 2.56. The first kappa shape index (κ1) is 14.9. The molecule has 0 bridgehead atoms. The van der Waals surface area contributed by atoms with E-state index < -0.39 is 11.7 Å². The number of hydrogen-bond donors (Lipinski definition) is 4. The van der Waals surface area contributed by atoms with E-state index >= 15 is 0 Å². The summed E-state index contributed by atoms with van der Waals surface area (Å²) in [6.45, 7) is 3.49. The predicted molar refractivity (Wildman–Crippen MR) is 79.5 cm³/mol. The minimum atomic E-state index is -0.845. The minimum absolute atomic E-state index is 0.00720. The lowest BCUT2D eigenvalue weighted by atomic mass is 9.89. The maximum absolute atomic E-state index is 11.1. The van der Waals surface area contributed by atoms with Crippen LogP contribution >= 0.6 is 0 Å². The first-order chi connectivity index (χ1) is 10.4. The zero-order valence-corrected chi connectivity index (χ0v) is 12.4. The Labute approximate surface area is 127 Å². The number of anilines is 1. The van der Waals surface area contributed by atoms with E-state index in [1.165, 1.54) is 6.33 Å². The smallest absolute Gasteiger partial charge is 0.186 e. The van der Waals surface area contributed by atoms with Gasteiger partial charge in [0.1, 0.15) is 17.8 Å². The molecule has 0 unspecified atom stereocenters. The SMILES string of the molecule is CC(C)(O)[C@H]1C[C@@H](O)[C@H](Nc2ncnc3n[nH]c(C=O)c23)C1. The summed E-state index contributed by atoms with van der Waals surface area (Å²) in [7, 11) is 0. The summed E-state index contributed by atoms with van der Waals surface area (Å²) in [4.78, 5) is 19.2. The van der Waals surface area contributed by atoms with Crippen molar-refractivity contribution >= 4 is 23.1 Å². The fraction of sp³-hybridized carbons (Fsp3) is 0.571. The highest BCUT2D eigenvalue weighted by Crippen LogP contribution is 2.36. The first-order valence-electron chi connectivity index (χ1n) is 7.21. The van der Waals surface area contributed by atoms with Gasteiger partial charge in [0.15, 0.2) is 11.9 Å². The van der Waals surface area contributed by atoms with Crippen LogP contribution in [0.5, 0.6) is 0 Å². The number of rotatable bonds is 4. The molecule has 3 atom stereocenters. The molecule has 0 saturated heterocycles. The third-order valence-corrected chi connectivity index (χ3v) is 4.35. The van der Waals surface area contributed by atoms with Crippen molar-refractivity contribution < 1.29 is 15.0 Å². The Morgan fingerprint density at radius 2 is 2.18 bits per heavy atom. The fourth-order valence-electron chi connectivity index (χ4n) is 3.00. The molecule has 1 fully saturated rings. The van der Waals surface area contributed by atoms with Crippen LogP contribution in [0.3, 0.4) is 0 Å². The number of carbonyl (C=O) groups excluding carboxylic acids is 1. The Hall–Kier alpha value is -2.06. The van der Waals surface area contributed by atoms with Crippen LogP contribution in [0.15, 0.2) is 6.33 Å². The van der Waals surface area contributed by atoms with E-state index in [0.717, 1.165) is 0 Å². The highest BCUT2D eigenvalue weighted by atomic mass is 16.3. The predicted octanol–water partition coefficient (Wildman–Crippen LogP) is 0.488. The quantitative estimate of drug-likeness (QED) is 0.606. The molecule has 2 heterocycles. The van der Waals surface area contributed by atoms with Crippen LogP contribution in [0.25, 0.3) is 11.0 Å². The summed E-state index contributed by atoms with van der Waals surface area (Å²) < 4.78 is 0. The van der Waals surface area contributed by atoms with E-state index in [4.69, 9.17) is 0 Å². The van der Waals surface area contributed by atoms with Crippen LogP contribution in [0, 0.1) is 5.92 Å². The molecule has 1 aliphatic rings. The van der Waals surface area contributed by atoms with Gasteiger partial charge in [-0.3, -0.25) is 9.89 Å². The maximum atomic E-state index is 11.1. The number of nitrogens with one attached hydrogen (secondary N) is 2. The molecule has 0 amide bonds. The Bertz CT molecular complexity index is 693. The van der Waals surface area contributed by atoms with Gasteiger partial charge in [0.25, 0.3) is 0 Å². The highest BCUT2D eigenvalue weighted by Gasteiger charge is 2.40. The lowest BCUT2D eigenvalue weighted by molar-refractivity contribution is 0.0140. The second-order valence-corrected chi connectivity index (χ2v) is 6.32. The second-order valence-electron chi connectivity index (χ2n) is 6.32. The third-order valence-electron chi connectivity index (χ3n) is 4.35. The van der Waals surface area contributed by atoms with Crippen LogP contribution < -0.4 is 5.32 Å². The third kappa shape index (κ3) is 2.55. The largest absolute Gasteiger partial charge is 0.391 e. The molecule has 22 heavy (non-hydrogen) atoms. The minimum Gasteiger partial charge on any atom is -0.391 e. The zero-order valence-electron chi connectivity index (χ0n) is 12.4. The molecule has 0 aliphatic heterocycles. The summed E-state index contributed by atoms with van der Waals surface area (Å²) in [5.41, 5.74) is -0.155. The summed E-state index contributed by atoms with van der Waals surface area (Å²) in [5, 5.41) is 30.6. The van der Waals surface area contributed by atoms with Crippen molar-refractivity contribution in [3.63, 3.8) is 0 Å². The van der Waals surface area contributed by atoms with Gasteiger partial charge in [-0.2, -0.15) is 5.10 Å². The molecule has 1 aliphatic carbocycles. The molecule has 0 spiro atoms. The monoisotopic (exact) mass is 305 g/mol. The van der Waals surface area contributed by atoms with E-state index in [2.05, 4.69) is 25.5 Å². The lowest BCUT2D eigenvalue weighted by Gasteiger charge is -2.25. The lowest BCUT2D eigenvalue weighted by Crippen LogP contribution is -2.30. The average Bonchev–Trinajstić information content (AvgIpc) is 3.03. The summed E-state index contributed by atoms with van der Waals surface area (Å²) in [5.74, 6) is 0.452. The molecular weight excluding hydrogens is 286 g/mol. The Morgan fingerprint density at radius 3 is 2.82 bits per heavy atom. The van der Waals surface area contributed by atoms with Crippen molar-refractivity contribution in [3.8, 4) is 0 Å². The van der Waals surface area contributed by atoms with Crippen molar-refractivity contribution in [2.75, 3.05) is 5.32 Å². The van der Waals surface area contributed by atoms with Crippen molar-refractivity contribution in [2.45, 2.75) is 44.4 Å². The van der Waals surface area contributed by atoms with Crippen molar-refractivity contribution in [1.82, 2.24) is 20.2 Å². The highest BCUT2D eigenvalue weighted by molar-refractivity contribution is 5.99. The van der Waals surface area contributed by atoms with Gasteiger partial charge in [-0.25, -0.2) is 9.97 Å². The van der Waals surface area contributed by atoms with E-state index in [0.29, 0.717) is 41.7 Å². The topological polar surface area (TPSA) is 124 Å². The van der Waals surface area contributed by atoms with Gasteiger partial charge in [0.2, 0.25) is 0 Å². The Kier molecular flexibility index (Phi) is 3.57. The number of nitrogens with zero attached hydrogens (tertiary/aromatic N) is 3. The van der Waals surface area contributed by atoms with E-state index in [-0.39, 0.29) is 12.0 Å². The van der Waals surface area contributed by atoms with Crippen molar-refractivity contribution in [3.05, 3.63) is 12.0 Å². The molecule has 2 aromatic heterocycles. The first-order valence-corrected chi connectivity index (χ1v) is 7.21. The van der Waals surface area contributed by atoms with Gasteiger partial charge in [-0.05, 0) is 32.6 Å². The maximum Gasteiger partial charge on any atom is 0.186 e. The number of H-pyrrole nitrogens is 1. The van der Waals surface area contributed by atoms with Gasteiger partial charge in [-0.15, -0.1) is 0 Å². The molecule has 2 aromatic rings. The fourth-order valence-corrected chi connectivity index (χ4v) is 3.00. The van der Waals surface area contributed by atoms with Crippen molar-refractivity contribution in [1.29, 1.82) is 0 Å². The molecule has 0 aromatic carbocycles. The number of aldehydes is 1.